The molecular formula is C26H27N5O4. The average molecular weight is 474 g/mol. The van der Waals surface area contributed by atoms with E-state index in [4.69, 9.17) is 14.6 Å². The van der Waals surface area contributed by atoms with Gasteiger partial charge in [-0.1, -0.05) is 18.2 Å². The Morgan fingerprint density at radius 1 is 1.43 bits per heavy atom. The van der Waals surface area contributed by atoms with Crippen LogP contribution in [-0.4, -0.2) is 47.1 Å². The second kappa shape index (κ2) is 9.12. The van der Waals surface area contributed by atoms with Crippen LogP contribution in [0.5, 0.6) is 5.88 Å². The molecule has 9 nitrogen and oxygen atoms in total. The zero-order chi connectivity index (χ0) is 24.6. The van der Waals surface area contributed by atoms with E-state index in [-0.39, 0.29) is 17.4 Å². The van der Waals surface area contributed by atoms with E-state index in [1.165, 1.54) is 11.1 Å². The van der Waals surface area contributed by atoms with Crippen LogP contribution in [0.2, 0.25) is 0 Å². The summed E-state index contributed by atoms with van der Waals surface area (Å²) >= 11 is 0. The molecule has 35 heavy (non-hydrogen) atoms. The second-order valence-corrected chi connectivity index (χ2v) is 9.51. The molecule has 1 saturated heterocycles. The van der Waals surface area contributed by atoms with Crippen LogP contribution in [0.4, 0.5) is 0 Å². The molecule has 1 N–H and O–H groups in total. The van der Waals surface area contributed by atoms with E-state index in [2.05, 4.69) is 22.6 Å². The Bertz CT molecular complexity index is 1250. The summed E-state index contributed by atoms with van der Waals surface area (Å²) < 4.78 is 5.61. The number of nitrogens with zero attached hydrogens (tertiary/aromatic N) is 4. The van der Waals surface area contributed by atoms with Gasteiger partial charge in [-0.15, -0.1) is 0 Å². The summed E-state index contributed by atoms with van der Waals surface area (Å²) in [5.74, 6) is 1.02. The molecule has 3 heterocycles. The smallest absolute Gasteiger partial charge is 0.231 e. The van der Waals surface area contributed by atoms with Crippen molar-refractivity contribution in [1.29, 1.82) is 5.26 Å². The van der Waals surface area contributed by atoms with Gasteiger partial charge in [-0.2, -0.15) is 5.26 Å². The first kappa shape index (κ1) is 23.0. The summed E-state index contributed by atoms with van der Waals surface area (Å²) in [5.41, 5.74) is 7.01. The molecule has 0 radical (unpaired) electrons. The fourth-order valence-corrected chi connectivity index (χ4v) is 5.29. The third kappa shape index (κ3) is 4.15. The number of fused-ring (bicyclic) bond motifs is 2. The van der Waals surface area contributed by atoms with Crippen LogP contribution in [0, 0.1) is 11.3 Å². The van der Waals surface area contributed by atoms with Crippen LogP contribution in [0.25, 0.3) is 0 Å². The Balaban J connectivity index is 1.41. The van der Waals surface area contributed by atoms with E-state index in [9.17, 15) is 14.9 Å². The number of rotatable bonds is 7. The molecule has 2 unspecified atom stereocenters. The van der Waals surface area contributed by atoms with Crippen LogP contribution in [0.15, 0.2) is 35.5 Å². The van der Waals surface area contributed by atoms with Gasteiger partial charge < -0.3 is 14.4 Å². The quantitative estimate of drug-likeness (QED) is 0.615. The van der Waals surface area contributed by atoms with Gasteiger partial charge in [0.1, 0.15) is 17.9 Å². The van der Waals surface area contributed by atoms with Crippen molar-refractivity contribution in [3.05, 3.63) is 58.3 Å². The summed E-state index contributed by atoms with van der Waals surface area (Å²) in [6, 6.07) is 9.92. The zero-order valence-electron chi connectivity index (χ0n) is 19.8. The maximum atomic E-state index is 12.6. The summed E-state index contributed by atoms with van der Waals surface area (Å²) in [6.07, 6.45) is 4.29. The number of carbonyl (C=O) groups is 2. The molecular weight excluding hydrogens is 446 g/mol. The van der Waals surface area contributed by atoms with Crippen molar-refractivity contribution in [3.63, 3.8) is 0 Å². The number of aldehydes is 1. The first-order chi connectivity index (χ1) is 16.9. The van der Waals surface area contributed by atoms with E-state index in [0.717, 1.165) is 24.7 Å². The van der Waals surface area contributed by atoms with E-state index in [1.807, 2.05) is 30.9 Å². The standard InChI is InChI=1S/C26H27N5O4/c1-16(2)34-24-17(13-27)11-18(14-28-24)25-29-23(30-35-25)20-5-3-6-21-19(20)7-8-26(21)12-22(33)31(15-26)9-4-10-32/h3,5-6,10-11,14,16,25H,4,7-9,12,15H2,1-2H3,(H,29,30). The molecule has 1 amide bonds. The maximum absolute atomic E-state index is 12.6. The fraction of sp³-hybridized carbons (Fsp3) is 0.423. The molecule has 2 atom stereocenters. The Morgan fingerprint density at radius 2 is 2.29 bits per heavy atom. The molecule has 1 aliphatic carbocycles. The monoisotopic (exact) mass is 473 g/mol. The van der Waals surface area contributed by atoms with Crippen molar-refractivity contribution < 1.29 is 19.2 Å². The van der Waals surface area contributed by atoms with Gasteiger partial charge in [0.2, 0.25) is 18.0 Å². The molecule has 180 valence electrons. The maximum Gasteiger partial charge on any atom is 0.231 e. The number of likely N-dealkylation sites (tertiary alicyclic amines) is 1. The highest BCUT2D eigenvalue weighted by molar-refractivity contribution is 6.01. The minimum absolute atomic E-state index is 0.0924. The third-order valence-electron chi connectivity index (χ3n) is 6.85. The number of hydroxylamine groups is 1. The SMILES string of the molecule is CC(C)Oc1ncc(C2N=C(c3cccc4c3CCC43CC(=O)N(CCC=O)C3)NO2)cc1C#N. The van der Waals surface area contributed by atoms with E-state index in [1.54, 1.807) is 12.3 Å². The number of nitrogens with one attached hydrogen (secondary N) is 1. The van der Waals surface area contributed by atoms with Gasteiger partial charge in [-0.25, -0.2) is 20.3 Å². The van der Waals surface area contributed by atoms with Crippen molar-refractivity contribution in [2.75, 3.05) is 13.1 Å². The number of aromatic nitrogens is 1. The Hall–Kier alpha value is -3.77. The van der Waals surface area contributed by atoms with Crippen molar-refractivity contribution in [2.45, 2.75) is 57.3 Å². The summed E-state index contributed by atoms with van der Waals surface area (Å²) in [6.45, 7) is 4.87. The number of hydrogen-bond donors (Lipinski definition) is 1. The Kier molecular flexibility index (Phi) is 5.99. The van der Waals surface area contributed by atoms with Crippen molar-refractivity contribution in [1.82, 2.24) is 15.4 Å². The molecule has 1 aromatic carbocycles. The van der Waals surface area contributed by atoms with Crippen molar-refractivity contribution in [3.8, 4) is 11.9 Å². The number of pyridine rings is 1. The van der Waals surface area contributed by atoms with Gasteiger partial charge in [0.15, 0.2) is 5.84 Å². The zero-order valence-corrected chi connectivity index (χ0v) is 19.8. The molecule has 2 aliphatic heterocycles. The number of nitriles is 1. The molecule has 1 fully saturated rings. The van der Waals surface area contributed by atoms with Crippen LogP contribution in [0.3, 0.4) is 0 Å². The third-order valence-corrected chi connectivity index (χ3v) is 6.85. The van der Waals surface area contributed by atoms with Gasteiger partial charge >= 0.3 is 0 Å². The summed E-state index contributed by atoms with van der Waals surface area (Å²) in [4.78, 5) is 40.0. The second-order valence-electron chi connectivity index (χ2n) is 9.51. The number of carbonyl (C=O) groups excluding carboxylic acids is 2. The van der Waals surface area contributed by atoms with Crippen LogP contribution in [-0.2, 0) is 26.3 Å². The first-order valence-electron chi connectivity index (χ1n) is 11.8. The molecule has 3 aliphatic rings. The number of hydrogen-bond acceptors (Lipinski definition) is 8. The van der Waals surface area contributed by atoms with Gasteiger partial charge in [0, 0.05) is 48.7 Å². The number of aliphatic imine (C=N–C) groups is 1. The molecule has 9 heteroatoms. The van der Waals surface area contributed by atoms with Gasteiger partial charge in [-0.3, -0.25) is 4.79 Å². The highest BCUT2D eigenvalue weighted by Crippen LogP contribution is 2.47. The molecule has 0 bridgehead atoms. The lowest BCUT2D eigenvalue weighted by atomic mass is 9.80. The minimum atomic E-state index is -0.643. The van der Waals surface area contributed by atoms with Crippen LogP contribution >= 0.6 is 0 Å². The number of ether oxygens (including phenoxy) is 1. The predicted molar refractivity (Wildman–Crippen MR) is 127 cm³/mol. The normalized spacial score (nSPS) is 22.8. The summed E-state index contributed by atoms with van der Waals surface area (Å²) in [7, 11) is 0. The van der Waals surface area contributed by atoms with Gasteiger partial charge in [-0.05, 0) is 43.9 Å². The largest absolute Gasteiger partial charge is 0.474 e. The number of amidine groups is 1. The lowest BCUT2D eigenvalue weighted by molar-refractivity contribution is -0.127. The van der Waals surface area contributed by atoms with Gasteiger partial charge in [0.05, 0.1) is 6.10 Å². The van der Waals surface area contributed by atoms with Crippen LogP contribution < -0.4 is 10.2 Å². The number of benzene rings is 1. The van der Waals surface area contributed by atoms with Crippen molar-refractivity contribution >= 4 is 18.0 Å². The summed E-state index contributed by atoms with van der Waals surface area (Å²) in [5, 5.41) is 9.51. The number of amides is 1. The fourth-order valence-electron chi connectivity index (χ4n) is 5.29. The van der Waals surface area contributed by atoms with Gasteiger partial charge in [0.25, 0.3) is 0 Å². The van der Waals surface area contributed by atoms with E-state index >= 15 is 0 Å². The molecule has 1 aromatic heterocycles. The topological polar surface area (TPSA) is 117 Å². The highest BCUT2D eigenvalue weighted by atomic mass is 16.7. The lowest BCUT2D eigenvalue weighted by Crippen LogP contribution is -2.31. The minimum Gasteiger partial charge on any atom is -0.474 e. The molecule has 5 rings (SSSR count). The van der Waals surface area contributed by atoms with Crippen molar-refractivity contribution in [2.24, 2.45) is 4.99 Å². The molecule has 1 spiro atoms. The Morgan fingerprint density at radius 3 is 3.06 bits per heavy atom. The van der Waals surface area contributed by atoms with E-state index < -0.39 is 6.23 Å². The van der Waals surface area contributed by atoms with Crippen LogP contribution in [0.1, 0.15) is 67.2 Å². The Labute approximate surface area is 203 Å². The predicted octanol–water partition coefficient (Wildman–Crippen LogP) is 2.73. The highest BCUT2D eigenvalue weighted by Gasteiger charge is 2.48. The molecule has 2 aromatic rings. The molecule has 0 saturated carbocycles. The first-order valence-corrected chi connectivity index (χ1v) is 11.8. The van der Waals surface area contributed by atoms with E-state index in [0.29, 0.717) is 48.8 Å². The average Bonchev–Trinajstić information content (AvgIpc) is 3.55. The lowest BCUT2D eigenvalue weighted by Gasteiger charge is -2.25.